The van der Waals surface area contributed by atoms with Gasteiger partial charge in [-0.05, 0) is 43.2 Å². The summed E-state index contributed by atoms with van der Waals surface area (Å²) in [5, 5.41) is 24.7. The Kier molecular flexibility index (Phi) is 4.47. The van der Waals surface area contributed by atoms with Crippen molar-refractivity contribution in [1.82, 2.24) is 35.3 Å². The van der Waals surface area contributed by atoms with E-state index < -0.39 is 5.54 Å². The molecule has 1 aliphatic carbocycles. The molecule has 0 aliphatic heterocycles. The number of hydrogen-bond acceptors (Lipinski definition) is 6. The Morgan fingerprint density at radius 3 is 2.94 bits per heavy atom. The van der Waals surface area contributed by atoms with Gasteiger partial charge in [-0.15, -0.1) is 0 Å². The van der Waals surface area contributed by atoms with Gasteiger partial charge in [0.2, 0.25) is 5.91 Å². The van der Waals surface area contributed by atoms with Crippen LogP contribution in [0.3, 0.4) is 0 Å². The number of pyridine rings is 2. The fourth-order valence-electron chi connectivity index (χ4n) is 4.33. The molecule has 0 spiro atoms. The second-order valence-electron chi connectivity index (χ2n) is 7.82. The van der Waals surface area contributed by atoms with Crippen LogP contribution in [0.2, 0.25) is 0 Å². The number of aromatic amines is 1. The standard InChI is InChI=1S/C22H20N8O/c1-24-21(31)14-12-22(13-14,6-7-23)30-10-5-17(29-30)20-15-3-2-8-25-18(15)11-19(27-20)16-4-9-26-28-16/h2-5,8-11,14H,6,12-13H2,1H3,(H,24,31)(H,26,28)/t14-,22-. The summed E-state index contributed by atoms with van der Waals surface area (Å²) in [6, 6.07) is 11.8. The van der Waals surface area contributed by atoms with Crippen molar-refractivity contribution in [3.8, 4) is 28.8 Å². The summed E-state index contributed by atoms with van der Waals surface area (Å²) in [7, 11) is 1.64. The minimum Gasteiger partial charge on any atom is -0.359 e. The maximum atomic E-state index is 12.0. The van der Waals surface area contributed by atoms with Crippen molar-refractivity contribution in [3.63, 3.8) is 0 Å². The minimum atomic E-state index is -0.473. The van der Waals surface area contributed by atoms with Gasteiger partial charge < -0.3 is 5.32 Å². The average molecular weight is 412 g/mol. The molecular weight excluding hydrogens is 392 g/mol. The normalized spacial score (nSPS) is 20.2. The summed E-state index contributed by atoms with van der Waals surface area (Å²) < 4.78 is 1.83. The summed E-state index contributed by atoms with van der Waals surface area (Å²) in [5.41, 5.74) is 3.26. The summed E-state index contributed by atoms with van der Waals surface area (Å²) in [6.45, 7) is 0. The lowest BCUT2D eigenvalue weighted by molar-refractivity contribution is -0.131. The molecule has 4 heterocycles. The van der Waals surface area contributed by atoms with E-state index in [0.29, 0.717) is 30.7 Å². The van der Waals surface area contributed by atoms with E-state index in [9.17, 15) is 10.1 Å². The zero-order chi connectivity index (χ0) is 21.4. The van der Waals surface area contributed by atoms with E-state index >= 15 is 0 Å². The number of nitrogens with zero attached hydrogens (tertiary/aromatic N) is 6. The number of carbonyl (C=O) groups excluding carboxylic acids is 1. The van der Waals surface area contributed by atoms with Gasteiger partial charge in [0.25, 0.3) is 0 Å². The van der Waals surface area contributed by atoms with Crippen LogP contribution in [0.15, 0.2) is 48.9 Å². The molecular formula is C22H20N8O. The summed E-state index contributed by atoms with van der Waals surface area (Å²) in [6.07, 6.45) is 6.78. The number of H-pyrrole nitrogens is 1. The lowest BCUT2D eigenvalue weighted by atomic mass is 9.66. The minimum absolute atomic E-state index is 0.00642. The first kappa shape index (κ1) is 18.9. The van der Waals surface area contributed by atoms with Crippen molar-refractivity contribution in [2.45, 2.75) is 24.8 Å². The molecule has 5 rings (SSSR count). The lowest BCUT2D eigenvalue weighted by Crippen LogP contribution is -2.51. The van der Waals surface area contributed by atoms with E-state index in [-0.39, 0.29) is 11.8 Å². The zero-order valence-corrected chi connectivity index (χ0v) is 16.9. The van der Waals surface area contributed by atoms with E-state index in [2.05, 4.69) is 26.6 Å². The molecule has 2 N–H and O–H groups in total. The molecule has 31 heavy (non-hydrogen) atoms. The van der Waals surface area contributed by atoms with Crippen LogP contribution in [-0.2, 0) is 10.3 Å². The van der Waals surface area contributed by atoms with Crippen molar-refractivity contribution in [1.29, 1.82) is 5.26 Å². The van der Waals surface area contributed by atoms with Gasteiger partial charge in [0, 0.05) is 36.9 Å². The predicted molar refractivity (Wildman–Crippen MR) is 113 cm³/mol. The molecule has 0 aromatic carbocycles. The van der Waals surface area contributed by atoms with Crippen molar-refractivity contribution < 1.29 is 4.79 Å². The first-order chi connectivity index (χ1) is 15.1. The smallest absolute Gasteiger partial charge is 0.223 e. The monoisotopic (exact) mass is 412 g/mol. The highest BCUT2D eigenvalue weighted by molar-refractivity contribution is 5.93. The van der Waals surface area contributed by atoms with Gasteiger partial charge in [-0.1, -0.05) is 0 Å². The number of aromatic nitrogens is 6. The largest absolute Gasteiger partial charge is 0.359 e. The van der Waals surface area contributed by atoms with Crippen molar-refractivity contribution >= 4 is 16.8 Å². The molecule has 154 valence electrons. The Bertz CT molecular complexity index is 1290. The number of rotatable bonds is 5. The molecule has 1 fully saturated rings. The van der Waals surface area contributed by atoms with Gasteiger partial charge in [0.05, 0.1) is 34.9 Å². The van der Waals surface area contributed by atoms with Crippen molar-refractivity contribution in [3.05, 3.63) is 48.9 Å². The highest BCUT2D eigenvalue weighted by Gasteiger charge is 2.49. The first-order valence-corrected chi connectivity index (χ1v) is 10.0. The van der Waals surface area contributed by atoms with E-state index in [1.165, 1.54) is 0 Å². The number of fused-ring (bicyclic) bond motifs is 1. The molecule has 9 nitrogen and oxygen atoms in total. The molecule has 1 amide bonds. The summed E-state index contributed by atoms with van der Waals surface area (Å²) in [4.78, 5) is 21.3. The van der Waals surface area contributed by atoms with Gasteiger partial charge in [0.1, 0.15) is 11.4 Å². The van der Waals surface area contributed by atoms with E-state index in [1.807, 2.05) is 41.2 Å². The maximum Gasteiger partial charge on any atom is 0.223 e. The molecule has 1 aliphatic rings. The SMILES string of the molecule is CNC(=O)[C@H]1C[C@](CC#N)(n2ccc(-c3nc(-c4ccn[nH]4)cc4ncccc34)n2)C1. The number of hydrogen-bond donors (Lipinski definition) is 2. The van der Waals surface area contributed by atoms with E-state index in [0.717, 1.165) is 22.3 Å². The fourth-order valence-corrected chi connectivity index (χ4v) is 4.33. The third-order valence-electron chi connectivity index (χ3n) is 5.97. The summed E-state index contributed by atoms with van der Waals surface area (Å²) in [5.74, 6) is -0.0928. The molecule has 0 radical (unpaired) electrons. The van der Waals surface area contributed by atoms with Gasteiger partial charge in [-0.2, -0.15) is 15.5 Å². The van der Waals surface area contributed by atoms with Crippen LogP contribution in [0.1, 0.15) is 19.3 Å². The van der Waals surface area contributed by atoms with Crippen LogP contribution in [0.25, 0.3) is 33.7 Å². The van der Waals surface area contributed by atoms with Crippen molar-refractivity contribution in [2.75, 3.05) is 7.05 Å². The average Bonchev–Trinajstić information content (AvgIpc) is 3.47. The molecule has 1 saturated carbocycles. The van der Waals surface area contributed by atoms with Crippen LogP contribution < -0.4 is 5.32 Å². The predicted octanol–water partition coefficient (Wildman–Crippen LogP) is 2.65. The number of carbonyl (C=O) groups is 1. The second kappa shape index (κ2) is 7.32. The van der Waals surface area contributed by atoms with E-state index in [4.69, 9.17) is 10.1 Å². The van der Waals surface area contributed by atoms with Gasteiger partial charge >= 0.3 is 0 Å². The van der Waals surface area contributed by atoms with Crippen molar-refractivity contribution in [2.24, 2.45) is 5.92 Å². The number of amides is 1. The number of nitriles is 1. The van der Waals surface area contributed by atoms with Crippen LogP contribution >= 0.6 is 0 Å². The van der Waals surface area contributed by atoms with Gasteiger partial charge in [0.15, 0.2) is 0 Å². The Hall–Kier alpha value is -4.06. The van der Waals surface area contributed by atoms with Crippen LogP contribution in [-0.4, -0.2) is 42.9 Å². The first-order valence-electron chi connectivity index (χ1n) is 10.0. The van der Waals surface area contributed by atoms with Crippen LogP contribution in [0.5, 0.6) is 0 Å². The van der Waals surface area contributed by atoms with Crippen LogP contribution in [0, 0.1) is 17.2 Å². The van der Waals surface area contributed by atoms with Gasteiger partial charge in [-0.3, -0.25) is 19.6 Å². The highest BCUT2D eigenvalue weighted by atomic mass is 16.1. The molecule has 0 bridgehead atoms. The Labute approximate surface area is 178 Å². The molecule has 0 saturated heterocycles. The van der Waals surface area contributed by atoms with E-state index in [1.54, 1.807) is 19.4 Å². The van der Waals surface area contributed by atoms with Crippen LogP contribution in [0.4, 0.5) is 0 Å². The topological polar surface area (TPSA) is 125 Å². The highest BCUT2D eigenvalue weighted by Crippen LogP contribution is 2.46. The molecule has 4 aromatic heterocycles. The van der Waals surface area contributed by atoms with Gasteiger partial charge in [-0.25, -0.2) is 4.98 Å². The fraction of sp³-hybridized carbons (Fsp3) is 0.273. The molecule has 0 atom stereocenters. The summed E-state index contributed by atoms with van der Waals surface area (Å²) >= 11 is 0. The molecule has 0 unspecified atom stereocenters. The second-order valence-corrected chi connectivity index (χ2v) is 7.82. The zero-order valence-electron chi connectivity index (χ0n) is 16.9. The Balaban J connectivity index is 1.57. The lowest BCUT2D eigenvalue weighted by Gasteiger charge is -2.45. The Morgan fingerprint density at radius 1 is 1.32 bits per heavy atom. The quantitative estimate of drug-likeness (QED) is 0.519. The molecule has 4 aromatic rings. The third kappa shape index (κ3) is 3.13. The molecule has 9 heteroatoms. The Morgan fingerprint density at radius 2 is 2.19 bits per heavy atom. The maximum absolute atomic E-state index is 12.0. The number of nitrogens with one attached hydrogen (secondary N) is 2. The third-order valence-corrected chi connectivity index (χ3v) is 5.97.